The van der Waals surface area contributed by atoms with Crippen molar-refractivity contribution in [1.82, 2.24) is 0 Å². The van der Waals surface area contributed by atoms with Crippen molar-refractivity contribution in [2.45, 2.75) is 39.2 Å². The SMILES string of the molecule is CC(CBr)c1ccc(NC(=O)OC(C)(C)C)cc1F. The Morgan fingerprint density at radius 3 is 2.58 bits per heavy atom. The van der Waals surface area contributed by atoms with Crippen molar-refractivity contribution in [3.05, 3.63) is 29.6 Å². The molecule has 0 fully saturated rings. The molecule has 5 heteroatoms. The molecule has 0 aliphatic rings. The molecule has 0 saturated carbocycles. The number of amides is 1. The Kier molecular flexibility index (Phi) is 5.35. The fourth-order valence-corrected chi connectivity index (χ4v) is 1.86. The van der Waals surface area contributed by atoms with E-state index in [1.165, 1.54) is 6.07 Å². The van der Waals surface area contributed by atoms with E-state index in [0.29, 0.717) is 16.6 Å². The van der Waals surface area contributed by atoms with Crippen molar-refractivity contribution in [2.75, 3.05) is 10.6 Å². The van der Waals surface area contributed by atoms with Crippen LogP contribution in [0.1, 0.15) is 39.2 Å². The summed E-state index contributed by atoms with van der Waals surface area (Å²) in [5.41, 5.74) is 0.427. The molecule has 106 valence electrons. The Labute approximate surface area is 121 Å². The molecule has 1 atom stereocenters. The van der Waals surface area contributed by atoms with Crippen LogP contribution in [0.3, 0.4) is 0 Å². The Balaban J connectivity index is 2.76. The van der Waals surface area contributed by atoms with Gasteiger partial charge in [0.05, 0.1) is 0 Å². The molecule has 0 aliphatic heterocycles. The molecule has 0 spiro atoms. The van der Waals surface area contributed by atoms with Gasteiger partial charge < -0.3 is 4.74 Å². The molecule has 1 amide bonds. The zero-order chi connectivity index (χ0) is 14.6. The highest BCUT2D eigenvalue weighted by molar-refractivity contribution is 9.09. The summed E-state index contributed by atoms with van der Waals surface area (Å²) < 4.78 is 19.0. The molecule has 1 unspecified atom stereocenters. The molecule has 1 aromatic rings. The van der Waals surface area contributed by atoms with Crippen LogP contribution in [0.4, 0.5) is 14.9 Å². The number of nitrogens with one attached hydrogen (secondary N) is 1. The lowest BCUT2D eigenvalue weighted by atomic mass is 10.0. The number of ether oxygens (including phenoxy) is 1. The van der Waals surface area contributed by atoms with E-state index >= 15 is 0 Å². The maximum Gasteiger partial charge on any atom is 0.412 e. The van der Waals surface area contributed by atoms with Gasteiger partial charge in [0.25, 0.3) is 0 Å². The first-order valence-corrected chi connectivity index (χ1v) is 7.20. The first kappa shape index (κ1) is 16.0. The lowest BCUT2D eigenvalue weighted by Crippen LogP contribution is -2.27. The van der Waals surface area contributed by atoms with Crippen molar-refractivity contribution in [2.24, 2.45) is 0 Å². The largest absolute Gasteiger partial charge is 0.444 e. The summed E-state index contributed by atoms with van der Waals surface area (Å²) >= 11 is 3.32. The topological polar surface area (TPSA) is 38.3 Å². The van der Waals surface area contributed by atoms with Gasteiger partial charge in [-0.15, -0.1) is 0 Å². The first-order chi connectivity index (χ1) is 8.73. The van der Waals surface area contributed by atoms with Crippen molar-refractivity contribution in [1.29, 1.82) is 0 Å². The van der Waals surface area contributed by atoms with E-state index in [2.05, 4.69) is 21.2 Å². The summed E-state index contributed by atoms with van der Waals surface area (Å²) in [7, 11) is 0. The Morgan fingerprint density at radius 2 is 2.11 bits per heavy atom. The number of rotatable bonds is 3. The van der Waals surface area contributed by atoms with Gasteiger partial charge in [0.1, 0.15) is 11.4 Å². The van der Waals surface area contributed by atoms with Gasteiger partial charge in [0, 0.05) is 11.0 Å². The first-order valence-electron chi connectivity index (χ1n) is 6.08. The van der Waals surface area contributed by atoms with Crippen LogP contribution >= 0.6 is 15.9 Å². The molecule has 0 heterocycles. The molecule has 0 aromatic heterocycles. The summed E-state index contributed by atoms with van der Waals surface area (Å²) in [5, 5.41) is 3.19. The number of anilines is 1. The average molecular weight is 332 g/mol. The molecule has 19 heavy (non-hydrogen) atoms. The molecule has 3 nitrogen and oxygen atoms in total. The number of carbonyl (C=O) groups is 1. The number of alkyl halides is 1. The van der Waals surface area contributed by atoms with Crippen LogP contribution in [-0.2, 0) is 4.74 Å². The average Bonchev–Trinajstić information content (AvgIpc) is 2.25. The minimum absolute atomic E-state index is 0.0792. The Hall–Kier alpha value is -1.10. The van der Waals surface area contributed by atoms with Crippen molar-refractivity contribution in [3.8, 4) is 0 Å². The third kappa shape index (κ3) is 5.19. The van der Waals surface area contributed by atoms with Crippen LogP contribution in [-0.4, -0.2) is 17.0 Å². The Morgan fingerprint density at radius 1 is 1.47 bits per heavy atom. The normalized spacial score (nSPS) is 12.9. The van der Waals surface area contributed by atoms with Gasteiger partial charge in [-0.1, -0.05) is 28.9 Å². The lowest BCUT2D eigenvalue weighted by Gasteiger charge is -2.20. The van der Waals surface area contributed by atoms with E-state index in [9.17, 15) is 9.18 Å². The molecule has 0 bridgehead atoms. The number of halogens is 2. The fraction of sp³-hybridized carbons (Fsp3) is 0.500. The van der Waals surface area contributed by atoms with Crippen molar-refractivity contribution >= 4 is 27.7 Å². The van der Waals surface area contributed by atoms with Gasteiger partial charge in [-0.3, -0.25) is 5.32 Å². The Bertz CT molecular complexity index is 457. The minimum Gasteiger partial charge on any atom is -0.444 e. The van der Waals surface area contributed by atoms with Crippen LogP contribution < -0.4 is 5.32 Å². The second kappa shape index (κ2) is 6.37. The highest BCUT2D eigenvalue weighted by Gasteiger charge is 2.17. The predicted octanol–water partition coefficient (Wildman–Crippen LogP) is 4.67. The summed E-state index contributed by atoms with van der Waals surface area (Å²) in [4.78, 5) is 11.6. The summed E-state index contributed by atoms with van der Waals surface area (Å²) in [6.07, 6.45) is -0.590. The number of hydrogen-bond donors (Lipinski definition) is 1. The molecule has 0 radical (unpaired) electrons. The highest BCUT2D eigenvalue weighted by Crippen LogP contribution is 2.23. The maximum absolute atomic E-state index is 13.9. The fourth-order valence-electron chi connectivity index (χ4n) is 1.51. The number of hydrogen-bond acceptors (Lipinski definition) is 2. The standard InChI is InChI=1S/C14H19BrFNO2/c1-9(8-15)11-6-5-10(7-12(11)16)17-13(18)19-14(2,3)4/h5-7,9H,8H2,1-4H3,(H,17,18). The van der Waals surface area contributed by atoms with Crippen LogP contribution in [0.2, 0.25) is 0 Å². The van der Waals surface area contributed by atoms with Crippen molar-refractivity contribution < 1.29 is 13.9 Å². The van der Waals surface area contributed by atoms with E-state index in [1.54, 1.807) is 32.9 Å². The van der Waals surface area contributed by atoms with E-state index < -0.39 is 11.7 Å². The number of benzene rings is 1. The molecular weight excluding hydrogens is 313 g/mol. The molecule has 1 rings (SSSR count). The van der Waals surface area contributed by atoms with Crippen LogP contribution in [0, 0.1) is 5.82 Å². The van der Waals surface area contributed by atoms with Gasteiger partial charge in [-0.2, -0.15) is 0 Å². The summed E-state index contributed by atoms with van der Waals surface area (Å²) in [6.45, 7) is 7.24. The third-order valence-electron chi connectivity index (χ3n) is 2.41. The van der Waals surface area contributed by atoms with Crippen LogP contribution in [0.25, 0.3) is 0 Å². The monoisotopic (exact) mass is 331 g/mol. The molecule has 0 aliphatic carbocycles. The van der Waals surface area contributed by atoms with Crippen molar-refractivity contribution in [3.63, 3.8) is 0 Å². The highest BCUT2D eigenvalue weighted by atomic mass is 79.9. The second-order valence-corrected chi connectivity index (χ2v) is 6.07. The van der Waals surface area contributed by atoms with Gasteiger partial charge in [0.2, 0.25) is 0 Å². The molecule has 1 N–H and O–H groups in total. The van der Waals surface area contributed by atoms with Crippen LogP contribution in [0.15, 0.2) is 18.2 Å². The smallest absolute Gasteiger partial charge is 0.412 e. The molecule has 1 aromatic carbocycles. The molecule has 0 saturated heterocycles. The maximum atomic E-state index is 13.9. The van der Waals surface area contributed by atoms with Crippen LogP contribution in [0.5, 0.6) is 0 Å². The van der Waals surface area contributed by atoms with E-state index in [4.69, 9.17) is 4.74 Å². The second-order valence-electron chi connectivity index (χ2n) is 5.42. The predicted molar refractivity (Wildman–Crippen MR) is 78.5 cm³/mol. The van der Waals surface area contributed by atoms with Gasteiger partial charge in [0.15, 0.2) is 0 Å². The quantitative estimate of drug-likeness (QED) is 0.817. The third-order valence-corrected chi connectivity index (χ3v) is 3.38. The summed E-state index contributed by atoms with van der Waals surface area (Å²) in [6, 6.07) is 4.65. The summed E-state index contributed by atoms with van der Waals surface area (Å²) in [5.74, 6) is -0.254. The van der Waals surface area contributed by atoms with Gasteiger partial charge in [-0.05, 0) is 44.4 Å². The zero-order valence-electron chi connectivity index (χ0n) is 11.6. The van der Waals surface area contributed by atoms with E-state index in [0.717, 1.165) is 0 Å². The van der Waals surface area contributed by atoms with Gasteiger partial charge >= 0.3 is 6.09 Å². The lowest BCUT2D eigenvalue weighted by molar-refractivity contribution is 0.0636. The molecular formula is C14H19BrFNO2. The number of carbonyl (C=O) groups excluding carboxylic acids is 1. The van der Waals surface area contributed by atoms with E-state index in [-0.39, 0.29) is 11.7 Å². The zero-order valence-corrected chi connectivity index (χ0v) is 13.2. The van der Waals surface area contributed by atoms with Gasteiger partial charge in [-0.25, -0.2) is 9.18 Å². The minimum atomic E-state index is -0.590. The van der Waals surface area contributed by atoms with E-state index in [1.807, 2.05) is 6.92 Å².